The molecule has 1 fully saturated rings. The number of hydrogen-bond donors (Lipinski definition) is 1. The normalized spacial score (nSPS) is 17.0. The number of rotatable bonds is 7. The molecule has 1 saturated heterocycles. The molecule has 0 aromatic heterocycles. The topological polar surface area (TPSA) is 49.8 Å². The number of aliphatic carboxylic acids is 1. The summed E-state index contributed by atoms with van der Waals surface area (Å²) in [5.74, 6) is 0.0612. The fourth-order valence-corrected chi connectivity index (χ4v) is 4.26. The van der Waals surface area contributed by atoms with E-state index in [0.29, 0.717) is 19.7 Å². The molecule has 1 N–H and O–H groups in total. The highest BCUT2D eigenvalue weighted by Gasteiger charge is 2.33. The summed E-state index contributed by atoms with van der Waals surface area (Å²) in [6.07, 6.45) is 3.11. The van der Waals surface area contributed by atoms with Crippen molar-refractivity contribution < 1.29 is 14.6 Å². The SMILES string of the molecule is CCc1ccc(COc2ccc3c(c2)CCC(CN2CC(C(=O)O)C2)=C3C)cc1. The second-order valence-corrected chi connectivity index (χ2v) is 8.24. The monoisotopic (exact) mass is 391 g/mol. The molecule has 2 aliphatic rings. The van der Waals surface area contributed by atoms with E-state index in [1.807, 2.05) is 0 Å². The Morgan fingerprint density at radius 1 is 1.10 bits per heavy atom. The van der Waals surface area contributed by atoms with Gasteiger partial charge in [-0.1, -0.05) is 42.8 Å². The standard InChI is InChI=1S/C25H29NO3/c1-3-18-4-6-19(7-5-18)16-29-23-10-11-24-17(2)21(9-8-20(24)12-23)13-26-14-22(15-26)25(27)28/h4-7,10-12,22H,3,8-9,13-16H2,1-2H3,(H,27,28). The van der Waals surface area contributed by atoms with E-state index < -0.39 is 5.97 Å². The van der Waals surface area contributed by atoms with E-state index in [2.05, 4.69) is 61.2 Å². The highest BCUT2D eigenvalue weighted by Crippen LogP contribution is 2.34. The lowest BCUT2D eigenvalue weighted by Gasteiger charge is -2.38. The van der Waals surface area contributed by atoms with Gasteiger partial charge in [-0.15, -0.1) is 0 Å². The van der Waals surface area contributed by atoms with Crippen molar-refractivity contribution in [2.24, 2.45) is 5.92 Å². The number of nitrogens with zero attached hydrogens (tertiary/aromatic N) is 1. The summed E-state index contributed by atoms with van der Waals surface area (Å²) >= 11 is 0. The van der Waals surface area contributed by atoms with Gasteiger partial charge in [-0.25, -0.2) is 0 Å². The molecule has 1 aliphatic heterocycles. The van der Waals surface area contributed by atoms with Crippen LogP contribution in [0.25, 0.3) is 5.57 Å². The van der Waals surface area contributed by atoms with Crippen molar-refractivity contribution in [3.05, 3.63) is 70.3 Å². The molecule has 4 nitrogen and oxygen atoms in total. The second-order valence-electron chi connectivity index (χ2n) is 8.24. The van der Waals surface area contributed by atoms with Crippen LogP contribution in [0.15, 0.2) is 48.0 Å². The Bertz CT molecular complexity index is 924. The Morgan fingerprint density at radius 3 is 2.52 bits per heavy atom. The maximum absolute atomic E-state index is 11.0. The number of benzene rings is 2. The lowest BCUT2D eigenvalue weighted by atomic mass is 9.85. The summed E-state index contributed by atoms with van der Waals surface area (Å²) in [6, 6.07) is 15.0. The van der Waals surface area contributed by atoms with E-state index in [4.69, 9.17) is 9.84 Å². The van der Waals surface area contributed by atoms with Crippen LogP contribution in [0.5, 0.6) is 5.75 Å². The number of hydrogen-bond acceptors (Lipinski definition) is 3. The third kappa shape index (κ3) is 4.38. The first-order valence-electron chi connectivity index (χ1n) is 10.5. The smallest absolute Gasteiger partial charge is 0.309 e. The van der Waals surface area contributed by atoms with E-state index in [-0.39, 0.29) is 5.92 Å². The molecule has 0 amide bonds. The largest absolute Gasteiger partial charge is 0.489 e. The van der Waals surface area contributed by atoms with Gasteiger partial charge < -0.3 is 9.84 Å². The maximum atomic E-state index is 11.0. The molecule has 152 valence electrons. The number of allylic oxidation sites excluding steroid dienone is 1. The molecule has 1 aliphatic carbocycles. The van der Waals surface area contributed by atoms with Gasteiger partial charge >= 0.3 is 5.97 Å². The van der Waals surface area contributed by atoms with Crippen molar-refractivity contribution in [2.45, 2.75) is 39.7 Å². The molecular weight excluding hydrogens is 362 g/mol. The van der Waals surface area contributed by atoms with Gasteiger partial charge in [-0.05, 0) is 66.1 Å². The van der Waals surface area contributed by atoms with Gasteiger partial charge in [0.25, 0.3) is 0 Å². The van der Waals surface area contributed by atoms with Gasteiger partial charge in [-0.2, -0.15) is 0 Å². The van der Waals surface area contributed by atoms with Crippen LogP contribution in [0.3, 0.4) is 0 Å². The van der Waals surface area contributed by atoms with Crippen molar-refractivity contribution in [1.29, 1.82) is 0 Å². The molecule has 2 aromatic carbocycles. The summed E-state index contributed by atoms with van der Waals surface area (Å²) in [7, 11) is 0. The fraction of sp³-hybridized carbons (Fsp3) is 0.400. The van der Waals surface area contributed by atoms with Crippen LogP contribution in [0.1, 0.15) is 42.5 Å². The molecule has 0 saturated carbocycles. The Hall–Kier alpha value is -2.59. The lowest BCUT2D eigenvalue weighted by molar-refractivity contribution is -0.147. The van der Waals surface area contributed by atoms with Gasteiger partial charge in [0.05, 0.1) is 5.92 Å². The molecule has 4 rings (SSSR count). The van der Waals surface area contributed by atoms with Crippen molar-refractivity contribution in [1.82, 2.24) is 4.90 Å². The Labute approximate surface area is 172 Å². The van der Waals surface area contributed by atoms with Gasteiger partial charge in [0, 0.05) is 19.6 Å². The van der Waals surface area contributed by atoms with Crippen LogP contribution >= 0.6 is 0 Å². The highest BCUT2D eigenvalue weighted by atomic mass is 16.5. The van der Waals surface area contributed by atoms with Crippen molar-refractivity contribution in [3.63, 3.8) is 0 Å². The summed E-state index contributed by atoms with van der Waals surface area (Å²) in [5.41, 5.74) is 7.96. The minimum absolute atomic E-state index is 0.190. The zero-order valence-corrected chi connectivity index (χ0v) is 17.3. The zero-order valence-electron chi connectivity index (χ0n) is 17.3. The molecule has 0 bridgehead atoms. The maximum Gasteiger partial charge on any atom is 0.309 e. The molecule has 4 heteroatoms. The molecule has 2 aromatic rings. The predicted octanol–water partition coefficient (Wildman–Crippen LogP) is 4.56. The zero-order chi connectivity index (χ0) is 20.4. The minimum Gasteiger partial charge on any atom is -0.489 e. The van der Waals surface area contributed by atoms with Crippen molar-refractivity contribution in [2.75, 3.05) is 19.6 Å². The number of fused-ring (bicyclic) bond motifs is 1. The lowest BCUT2D eigenvalue weighted by Crippen LogP contribution is -2.50. The second kappa shape index (κ2) is 8.42. The van der Waals surface area contributed by atoms with Gasteiger partial charge in [-0.3, -0.25) is 9.69 Å². The van der Waals surface area contributed by atoms with E-state index in [9.17, 15) is 4.79 Å². The average Bonchev–Trinajstić information content (AvgIpc) is 2.70. The summed E-state index contributed by atoms with van der Waals surface area (Å²) in [6.45, 7) is 7.17. The molecule has 0 radical (unpaired) electrons. The first kappa shape index (κ1) is 19.7. The number of likely N-dealkylation sites (tertiary alicyclic amines) is 1. The first-order chi connectivity index (χ1) is 14.0. The summed E-state index contributed by atoms with van der Waals surface area (Å²) in [4.78, 5) is 13.2. The first-order valence-corrected chi connectivity index (χ1v) is 10.5. The molecule has 29 heavy (non-hydrogen) atoms. The van der Waals surface area contributed by atoms with Crippen LogP contribution in [0.4, 0.5) is 0 Å². The van der Waals surface area contributed by atoms with E-state index in [1.54, 1.807) is 0 Å². The number of ether oxygens (including phenoxy) is 1. The summed E-state index contributed by atoms with van der Waals surface area (Å²) < 4.78 is 6.04. The third-order valence-electron chi connectivity index (χ3n) is 6.26. The van der Waals surface area contributed by atoms with Crippen LogP contribution in [0.2, 0.25) is 0 Å². The summed E-state index contributed by atoms with van der Waals surface area (Å²) in [5, 5.41) is 9.05. The minimum atomic E-state index is -0.672. The molecule has 0 atom stereocenters. The molecular formula is C25H29NO3. The average molecular weight is 392 g/mol. The van der Waals surface area contributed by atoms with E-state index in [0.717, 1.165) is 31.6 Å². The quantitative estimate of drug-likeness (QED) is 0.751. The van der Waals surface area contributed by atoms with Crippen molar-refractivity contribution >= 4 is 11.5 Å². The number of aryl methyl sites for hydroxylation is 2. The molecule has 0 unspecified atom stereocenters. The molecule has 0 spiro atoms. The Kier molecular flexibility index (Phi) is 5.72. The molecule has 1 heterocycles. The van der Waals surface area contributed by atoms with Gasteiger partial charge in [0.15, 0.2) is 0 Å². The Balaban J connectivity index is 1.39. The van der Waals surface area contributed by atoms with E-state index >= 15 is 0 Å². The highest BCUT2D eigenvalue weighted by molar-refractivity contribution is 5.73. The fourth-order valence-electron chi connectivity index (χ4n) is 4.26. The van der Waals surface area contributed by atoms with E-state index in [1.165, 1.54) is 33.4 Å². The Morgan fingerprint density at radius 2 is 1.83 bits per heavy atom. The van der Waals surface area contributed by atoms with Gasteiger partial charge in [0.2, 0.25) is 0 Å². The number of carboxylic acid groups (broad SMARTS) is 1. The number of carbonyl (C=O) groups is 1. The predicted molar refractivity (Wildman–Crippen MR) is 115 cm³/mol. The van der Waals surface area contributed by atoms with Crippen molar-refractivity contribution in [3.8, 4) is 5.75 Å². The van der Waals surface area contributed by atoms with Crippen LogP contribution in [0, 0.1) is 5.92 Å². The number of carboxylic acids is 1. The van der Waals surface area contributed by atoms with Crippen LogP contribution in [-0.2, 0) is 24.2 Å². The van der Waals surface area contributed by atoms with Crippen LogP contribution in [-0.4, -0.2) is 35.6 Å². The van der Waals surface area contributed by atoms with Gasteiger partial charge in [0.1, 0.15) is 12.4 Å². The van der Waals surface area contributed by atoms with Crippen LogP contribution < -0.4 is 4.74 Å². The third-order valence-corrected chi connectivity index (χ3v) is 6.26.